The fourth-order valence-electron chi connectivity index (χ4n) is 3.39. The highest BCUT2D eigenvalue weighted by molar-refractivity contribution is 6.12. The molecule has 1 aliphatic carbocycles. The molecular formula is C18H21N5. The number of allylic oxidation sites excluding steroid dienone is 2. The van der Waals surface area contributed by atoms with E-state index < -0.39 is 5.79 Å². The average molecular weight is 307 g/mol. The Hall–Kier alpha value is -2.40. The third-order valence-corrected chi connectivity index (χ3v) is 4.55. The topological polar surface area (TPSA) is 68.2 Å². The van der Waals surface area contributed by atoms with Crippen LogP contribution < -0.4 is 11.1 Å². The molecule has 5 nitrogen and oxygen atoms in total. The van der Waals surface area contributed by atoms with E-state index >= 15 is 0 Å². The minimum atomic E-state index is -0.926. The van der Waals surface area contributed by atoms with Crippen molar-refractivity contribution in [2.24, 2.45) is 17.8 Å². The normalized spacial score (nSPS) is 24.0. The molecule has 2 aliphatic rings. The Morgan fingerprint density at radius 3 is 2.65 bits per heavy atom. The van der Waals surface area contributed by atoms with Crippen LogP contribution in [0.3, 0.4) is 0 Å². The van der Waals surface area contributed by atoms with Gasteiger partial charge in [0.1, 0.15) is 5.69 Å². The maximum atomic E-state index is 6.65. The highest BCUT2D eigenvalue weighted by atomic mass is 15.3. The molecule has 118 valence electrons. The summed E-state index contributed by atoms with van der Waals surface area (Å²) in [6.45, 7) is 0. The van der Waals surface area contributed by atoms with Crippen molar-refractivity contribution >= 4 is 5.71 Å². The molecule has 5 heteroatoms. The lowest BCUT2D eigenvalue weighted by Gasteiger charge is -2.37. The van der Waals surface area contributed by atoms with Crippen LogP contribution in [-0.4, -0.2) is 15.5 Å². The summed E-state index contributed by atoms with van der Waals surface area (Å²) in [5.74, 6) is -0.926. The molecule has 0 amide bonds. The van der Waals surface area contributed by atoms with Gasteiger partial charge in [0.15, 0.2) is 0 Å². The third-order valence-electron chi connectivity index (χ3n) is 4.55. The van der Waals surface area contributed by atoms with Crippen LogP contribution in [0.5, 0.6) is 0 Å². The summed E-state index contributed by atoms with van der Waals surface area (Å²) in [5.41, 5.74) is 11.9. The lowest BCUT2D eigenvalue weighted by Crippen LogP contribution is -2.52. The summed E-state index contributed by atoms with van der Waals surface area (Å²) in [6, 6.07) is 12.0. The van der Waals surface area contributed by atoms with E-state index in [0.29, 0.717) is 0 Å². The molecule has 2 aromatic rings. The van der Waals surface area contributed by atoms with Crippen molar-refractivity contribution in [3.63, 3.8) is 0 Å². The molecule has 0 saturated carbocycles. The van der Waals surface area contributed by atoms with E-state index in [9.17, 15) is 0 Å². The first-order chi connectivity index (χ1) is 11.2. The second-order valence-corrected chi connectivity index (χ2v) is 6.26. The molecule has 4 rings (SSSR count). The van der Waals surface area contributed by atoms with Gasteiger partial charge in [-0.05, 0) is 37.3 Å². The summed E-state index contributed by atoms with van der Waals surface area (Å²) in [6.07, 6.45) is 6.38. The van der Waals surface area contributed by atoms with Crippen LogP contribution in [0.2, 0.25) is 0 Å². The summed E-state index contributed by atoms with van der Waals surface area (Å²) in [7, 11) is 1.92. The van der Waals surface area contributed by atoms with Gasteiger partial charge in [-0.1, -0.05) is 30.3 Å². The first-order valence-corrected chi connectivity index (χ1v) is 8.10. The van der Waals surface area contributed by atoms with Crippen LogP contribution in [0.15, 0.2) is 58.9 Å². The molecular weight excluding hydrogens is 286 g/mol. The SMILES string of the molecule is Cn1ccc(C2=NC(N)(c3ccccc3)NC3=C2CCCC3)n1. The minimum absolute atomic E-state index is 0.897. The Kier molecular flexibility index (Phi) is 3.31. The van der Waals surface area contributed by atoms with E-state index in [-0.39, 0.29) is 0 Å². The second kappa shape index (κ2) is 5.35. The number of aryl methyl sites for hydroxylation is 1. The number of hydrogen-bond acceptors (Lipinski definition) is 4. The lowest BCUT2D eigenvalue weighted by atomic mass is 9.88. The second-order valence-electron chi connectivity index (χ2n) is 6.26. The quantitative estimate of drug-likeness (QED) is 0.895. The van der Waals surface area contributed by atoms with Crippen molar-refractivity contribution in [3.05, 3.63) is 65.1 Å². The smallest absolute Gasteiger partial charge is 0.209 e. The molecule has 1 aromatic heterocycles. The van der Waals surface area contributed by atoms with E-state index in [4.69, 9.17) is 10.7 Å². The van der Waals surface area contributed by atoms with Crippen molar-refractivity contribution in [1.82, 2.24) is 15.1 Å². The van der Waals surface area contributed by atoms with E-state index in [2.05, 4.69) is 10.4 Å². The zero-order valence-corrected chi connectivity index (χ0v) is 13.3. The number of nitrogens with zero attached hydrogens (tertiary/aromatic N) is 3. The van der Waals surface area contributed by atoms with Gasteiger partial charge < -0.3 is 5.32 Å². The van der Waals surface area contributed by atoms with Crippen LogP contribution in [0.25, 0.3) is 0 Å². The molecule has 1 aliphatic heterocycles. The van der Waals surface area contributed by atoms with Gasteiger partial charge in [-0.15, -0.1) is 0 Å². The molecule has 3 N–H and O–H groups in total. The number of benzene rings is 1. The van der Waals surface area contributed by atoms with Gasteiger partial charge >= 0.3 is 0 Å². The standard InChI is InChI=1S/C18H21N5/c1-23-12-11-16(22-23)17-14-9-5-6-10-15(14)20-18(19,21-17)13-7-3-2-4-8-13/h2-4,7-8,11-12,20H,5-6,9-10,19H2,1H3. The zero-order chi connectivity index (χ0) is 15.9. The number of hydrogen-bond donors (Lipinski definition) is 2. The summed E-state index contributed by atoms with van der Waals surface area (Å²) in [5, 5.41) is 8.04. The predicted molar refractivity (Wildman–Crippen MR) is 90.7 cm³/mol. The molecule has 1 aromatic carbocycles. The average Bonchev–Trinajstić information content (AvgIpc) is 3.01. The molecule has 0 bridgehead atoms. The van der Waals surface area contributed by atoms with Gasteiger partial charge in [-0.3, -0.25) is 10.4 Å². The summed E-state index contributed by atoms with van der Waals surface area (Å²) < 4.78 is 1.81. The number of aromatic nitrogens is 2. The first-order valence-electron chi connectivity index (χ1n) is 8.10. The largest absolute Gasteiger partial charge is 0.348 e. The first kappa shape index (κ1) is 14.2. The molecule has 0 fully saturated rings. The number of nitrogens with one attached hydrogen (secondary N) is 1. The van der Waals surface area contributed by atoms with E-state index in [0.717, 1.165) is 29.8 Å². The molecule has 23 heavy (non-hydrogen) atoms. The number of nitrogens with two attached hydrogens (primary N) is 1. The maximum Gasteiger partial charge on any atom is 0.209 e. The third kappa shape index (κ3) is 2.47. The number of aliphatic imine (C=N–C) groups is 1. The summed E-state index contributed by atoms with van der Waals surface area (Å²) in [4.78, 5) is 4.90. The highest BCUT2D eigenvalue weighted by Gasteiger charge is 2.35. The van der Waals surface area contributed by atoms with Gasteiger partial charge in [0.25, 0.3) is 0 Å². The minimum Gasteiger partial charge on any atom is -0.348 e. The molecule has 2 heterocycles. The Bertz CT molecular complexity index is 787. The van der Waals surface area contributed by atoms with Crippen LogP contribution in [0.1, 0.15) is 36.9 Å². The van der Waals surface area contributed by atoms with E-state index in [1.807, 2.05) is 54.3 Å². The molecule has 1 unspecified atom stereocenters. The highest BCUT2D eigenvalue weighted by Crippen LogP contribution is 2.34. The van der Waals surface area contributed by atoms with Gasteiger partial charge in [0.2, 0.25) is 5.79 Å². The van der Waals surface area contributed by atoms with Crippen molar-refractivity contribution in [2.45, 2.75) is 31.5 Å². The maximum absolute atomic E-state index is 6.65. The lowest BCUT2D eigenvalue weighted by molar-refractivity contribution is 0.376. The van der Waals surface area contributed by atoms with Crippen LogP contribution in [0, 0.1) is 0 Å². The van der Waals surface area contributed by atoms with Crippen molar-refractivity contribution in [3.8, 4) is 0 Å². The van der Waals surface area contributed by atoms with Crippen molar-refractivity contribution in [1.29, 1.82) is 0 Å². The van der Waals surface area contributed by atoms with Crippen LogP contribution in [-0.2, 0) is 12.8 Å². The van der Waals surface area contributed by atoms with Gasteiger partial charge in [0.05, 0.1) is 5.71 Å². The van der Waals surface area contributed by atoms with Gasteiger partial charge in [-0.25, -0.2) is 4.99 Å². The summed E-state index contributed by atoms with van der Waals surface area (Å²) >= 11 is 0. The molecule has 1 atom stereocenters. The Balaban J connectivity index is 1.85. The predicted octanol–water partition coefficient (Wildman–Crippen LogP) is 2.41. The van der Waals surface area contributed by atoms with Crippen LogP contribution >= 0.6 is 0 Å². The van der Waals surface area contributed by atoms with E-state index in [1.54, 1.807) is 0 Å². The molecule has 0 saturated heterocycles. The fraction of sp³-hybridized carbons (Fsp3) is 0.333. The fourth-order valence-corrected chi connectivity index (χ4v) is 3.39. The Morgan fingerprint density at radius 1 is 1.13 bits per heavy atom. The van der Waals surface area contributed by atoms with Crippen molar-refractivity contribution < 1.29 is 0 Å². The molecule has 0 spiro atoms. The zero-order valence-electron chi connectivity index (χ0n) is 13.3. The van der Waals surface area contributed by atoms with Gasteiger partial charge in [-0.2, -0.15) is 5.10 Å². The van der Waals surface area contributed by atoms with Crippen LogP contribution in [0.4, 0.5) is 0 Å². The van der Waals surface area contributed by atoms with E-state index in [1.165, 1.54) is 24.1 Å². The number of rotatable bonds is 2. The molecule has 0 radical (unpaired) electrons. The van der Waals surface area contributed by atoms with Crippen molar-refractivity contribution in [2.75, 3.05) is 0 Å². The monoisotopic (exact) mass is 307 g/mol. The Morgan fingerprint density at radius 2 is 1.91 bits per heavy atom. The Labute approximate surface area is 135 Å². The van der Waals surface area contributed by atoms with Gasteiger partial charge in [0, 0.05) is 24.5 Å².